The van der Waals surface area contributed by atoms with Crippen molar-refractivity contribution < 1.29 is 5.11 Å². The van der Waals surface area contributed by atoms with Gasteiger partial charge in [-0.2, -0.15) is 5.10 Å². The summed E-state index contributed by atoms with van der Waals surface area (Å²) in [5, 5.41) is 17.8. The van der Waals surface area contributed by atoms with Crippen LogP contribution in [0.25, 0.3) is 0 Å². The molecular formula is C14H25N3O. The smallest absolute Gasteiger partial charge is 0.0853 e. The Morgan fingerprint density at radius 2 is 2.22 bits per heavy atom. The molecule has 2 rings (SSSR count). The first kappa shape index (κ1) is 13.4. The fourth-order valence-corrected chi connectivity index (χ4v) is 2.89. The Morgan fingerprint density at radius 3 is 2.89 bits per heavy atom. The molecule has 0 aromatic carbocycles. The maximum Gasteiger partial charge on any atom is 0.0853 e. The van der Waals surface area contributed by atoms with E-state index in [-0.39, 0.29) is 6.10 Å². The third-order valence-corrected chi connectivity index (χ3v) is 3.85. The minimum absolute atomic E-state index is 0.238. The van der Waals surface area contributed by atoms with Gasteiger partial charge in [0.2, 0.25) is 0 Å². The zero-order valence-electron chi connectivity index (χ0n) is 11.5. The highest BCUT2D eigenvalue weighted by Crippen LogP contribution is 2.28. The van der Waals surface area contributed by atoms with E-state index in [2.05, 4.69) is 17.3 Å². The molecule has 0 radical (unpaired) electrons. The molecule has 1 unspecified atom stereocenters. The van der Waals surface area contributed by atoms with Crippen LogP contribution in [0.5, 0.6) is 0 Å². The summed E-state index contributed by atoms with van der Waals surface area (Å²) in [6.45, 7) is 2.73. The lowest BCUT2D eigenvalue weighted by Gasteiger charge is -2.16. The summed E-state index contributed by atoms with van der Waals surface area (Å²) in [6, 6.07) is 0. The van der Waals surface area contributed by atoms with Gasteiger partial charge in [-0.3, -0.25) is 4.68 Å². The molecule has 1 saturated carbocycles. The van der Waals surface area contributed by atoms with Gasteiger partial charge in [-0.1, -0.05) is 32.6 Å². The molecule has 0 aliphatic heterocycles. The molecule has 1 aromatic heterocycles. The summed E-state index contributed by atoms with van der Waals surface area (Å²) in [7, 11) is 1.93. The minimum Gasteiger partial charge on any atom is -0.391 e. The third-order valence-electron chi connectivity index (χ3n) is 3.85. The predicted octanol–water partition coefficient (Wildman–Crippen LogP) is 2.34. The Balaban J connectivity index is 1.79. The number of aromatic nitrogens is 2. The Bertz CT molecular complexity index is 369. The molecule has 2 N–H and O–H groups in total. The van der Waals surface area contributed by atoms with E-state index in [1.807, 2.05) is 17.9 Å². The lowest BCUT2D eigenvalue weighted by Crippen LogP contribution is -2.22. The van der Waals surface area contributed by atoms with Crippen molar-refractivity contribution in [1.29, 1.82) is 0 Å². The summed E-state index contributed by atoms with van der Waals surface area (Å²) >= 11 is 0. The third kappa shape index (κ3) is 3.48. The largest absolute Gasteiger partial charge is 0.391 e. The first-order valence-corrected chi connectivity index (χ1v) is 7.13. The average Bonchev–Trinajstić information content (AvgIpc) is 2.95. The summed E-state index contributed by atoms with van der Waals surface area (Å²) in [6.07, 6.45) is 8.88. The van der Waals surface area contributed by atoms with Gasteiger partial charge in [0.05, 0.1) is 17.5 Å². The average molecular weight is 251 g/mol. The van der Waals surface area contributed by atoms with Crippen molar-refractivity contribution in [3.8, 4) is 0 Å². The molecule has 4 nitrogen and oxygen atoms in total. The number of hydrogen-bond donors (Lipinski definition) is 2. The minimum atomic E-state index is -0.238. The molecule has 1 aliphatic rings. The van der Waals surface area contributed by atoms with E-state index in [9.17, 15) is 5.11 Å². The highest BCUT2D eigenvalue weighted by molar-refractivity contribution is 5.46. The van der Waals surface area contributed by atoms with Crippen LogP contribution in [0.2, 0.25) is 0 Å². The number of rotatable bonds is 6. The Morgan fingerprint density at radius 1 is 1.50 bits per heavy atom. The van der Waals surface area contributed by atoms with Gasteiger partial charge in [-0.05, 0) is 18.8 Å². The van der Waals surface area contributed by atoms with Gasteiger partial charge >= 0.3 is 0 Å². The van der Waals surface area contributed by atoms with Crippen LogP contribution in [0.1, 0.15) is 44.7 Å². The van der Waals surface area contributed by atoms with Crippen LogP contribution in [-0.4, -0.2) is 27.5 Å². The molecular weight excluding hydrogens is 226 g/mol. The second-order valence-corrected chi connectivity index (χ2v) is 5.44. The fourth-order valence-electron chi connectivity index (χ4n) is 2.89. The SMILES string of the molecule is CCc1nn(C)cc1NCC(O)CC1CCCC1. The zero-order chi connectivity index (χ0) is 13.0. The second-order valence-electron chi connectivity index (χ2n) is 5.44. The van der Waals surface area contributed by atoms with Crippen molar-refractivity contribution >= 4 is 5.69 Å². The zero-order valence-corrected chi connectivity index (χ0v) is 11.5. The van der Waals surface area contributed by atoms with Crippen molar-refractivity contribution in [2.45, 2.75) is 51.6 Å². The van der Waals surface area contributed by atoms with E-state index >= 15 is 0 Å². The monoisotopic (exact) mass is 251 g/mol. The molecule has 0 spiro atoms. The molecule has 4 heteroatoms. The summed E-state index contributed by atoms with van der Waals surface area (Å²) in [5.41, 5.74) is 2.14. The Hall–Kier alpha value is -1.03. The van der Waals surface area contributed by atoms with Gasteiger partial charge in [-0.25, -0.2) is 0 Å². The number of aliphatic hydroxyl groups is 1. The van der Waals surface area contributed by atoms with Gasteiger partial charge in [0, 0.05) is 19.8 Å². The second kappa shape index (κ2) is 6.23. The molecule has 1 heterocycles. The highest BCUT2D eigenvalue weighted by Gasteiger charge is 2.19. The molecule has 1 aliphatic carbocycles. The summed E-state index contributed by atoms with van der Waals surface area (Å²) < 4.78 is 1.82. The maximum absolute atomic E-state index is 10.1. The molecule has 1 aromatic rings. The number of aliphatic hydroxyl groups excluding tert-OH is 1. The quantitative estimate of drug-likeness (QED) is 0.816. The molecule has 1 atom stereocenters. The lowest BCUT2D eigenvalue weighted by atomic mass is 10.00. The summed E-state index contributed by atoms with van der Waals surface area (Å²) in [4.78, 5) is 0. The molecule has 102 valence electrons. The van der Waals surface area contributed by atoms with E-state index in [0.717, 1.165) is 30.1 Å². The van der Waals surface area contributed by atoms with Crippen molar-refractivity contribution in [1.82, 2.24) is 9.78 Å². The standard InChI is InChI=1S/C14H25N3O/c1-3-13-14(10-17(2)16-13)15-9-12(18)8-11-6-4-5-7-11/h10-12,15,18H,3-9H2,1-2H3. The van der Waals surface area contributed by atoms with E-state index in [4.69, 9.17) is 0 Å². The Labute approximate surface area is 109 Å². The van der Waals surface area contributed by atoms with Crippen molar-refractivity contribution in [3.05, 3.63) is 11.9 Å². The number of nitrogens with one attached hydrogen (secondary N) is 1. The van der Waals surface area contributed by atoms with Gasteiger partial charge in [-0.15, -0.1) is 0 Å². The number of anilines is 1. The first-order valence-electron chi connectivity index (χ1n) is 7.13. The van der Waals surface area contributed by atoms with Crippen molar-refractivity contribution in [2.24, 2.45) is 13.0 Å². The van der Waals surface area contributed by atoms with Crippen molar-refractivity contribution in [2.75, 3.05) is 11.9 Å². The number of nitrogens with zero attached hydrogens (tertiary/aromatic N) is 2. The van der Waals surface area contributed by atoms with Crippen LogP contribution in [0.4, 0.5) is 5.69 Å². The normalized spacial score (nSPS) is 18.2. The fraction of sp³-hybridized carbons (Fsp3) is 0.786. The van der Waals surface area contributed by atoms with Crippen LogP contribution >= 0.6 is 0 Å². The number of aryl methyl sites for hydroxylation is 2. The van der Waals surface area contributed by atoms with E-state index in [0.29, 0.717) is 6.54 Å². The van der Waals surface area contributed by atoms with E-state index in [1.165, 1.54) is 25.7 Å². The first-order chi connectivity index (χ1) is 8.69. The maximum atomic E-state index is 10.1. The molecule has 0 amide bonds. The van der Waals surface area contributed by atoms with Crippen LogP contribution < -0.4 is 5.32 Å². The van der Waals surface area contributed by atoms with Crippen molar-refractivity contribution in [3.63, 3.8) is 0 Å². The van der Waals surface area contributed by atoms with Gasteiger partial charge in [0.15, 0.2) is 0 Å². The van der Waals surface area contributed by atoms with Gasteiger partial charge in [0.25, 0.3) is 0 Å². The van der Waals surface area contributed by atoms with Crippen LogP contribution in [0.15, 0.2) is 6.20 Å². The number of hydrogen-bond acceptors (Lipinski definition) is 3. The van der Waals surface area contributed by atoms with Crippen LogP contribution in [-0.2, 0) is 13.5 Å². The molecule has 0 bridgehead atoms. The highest BCUT2D eigenvalue weighted by atomic mass is 16.3. The van der Waals surface area contributed by atoms with Gasteiger partial charge < -0.3 is 10.4 Å². The van der Waals surface area contributed by atoms with Crippen LogP contribution in [0, 0.1) is 5.92 Å². The van der Waals surface area contributed by atoms with E-state index in [1.54, 1.807) is 0 Å². The van der Waals surface area contributed by atoms with E-state index < -0.39 is 0 Å². The van der Waals surface area contributed by atoms with Crippen LogP contribution in [0.3, 0.4) is 0 Å². The molecule has 1 fully saturated rings. The Kier molecular flexibility index (Phi) is 4.64. The predicted molar refractivity (Wildman–Crippen MR) is 73.7 cm³/mol. The molecule has 18 heavy (non-hydrogen) atoms. The molecule has 0 saturated heterocycles. The van der Waals surface area contributed by atoms with Gasteiger partial charge in [0.1, 0.15) is 0 Å². The topological polar surface area (TPSA) is 50.1 Å². The summed E-state index contributed by atoms with van der Waals surface area (Å²) in [5.74, 6) is 0.737. The lowest BCUT2D eigenvalue weighted by molar-refractivity contribution is 0.155.